The Labute approximate surface area is 138 Å². The maximum absolute atomic E-state index is 12.8. The van der Waals surface area contributed by atoms with Crippen molar-refractivity contribution in [2.24, 2.45) is 0 Å². The summed E-state index contributed by atoms with van der Waals surface area (Å²) in [6.07, 6.45) is 0.532. The number of nitrogens with zero attached hydrogens (tertiary/aromatic N) is 1. The molecule has 3 rings (SSSR count). The Morgan fingerprint density at radius 1 is 1.32 bits per heavy atom. The second-order valence-electron chi connectivity index (χ2n) is 5.49. The molecule has 118 valence electrons. The van der Waals surface area contributed by atoms with Crippen molar-refractivity contribution in [2.75, 3.05) is 11.5 Å². The number of hydrogen-bond donors (Lipinski definition) is 0. The van der Waals surface area contributed by atoms with Crippen LogP contribution in [-0.4, -0.2) is 36.8 Å². The smallest absolute Gasteiger partial charge is 0.264 e. The number of thiophene rings is 2. The van der Waals surface area contributed by atoms with Crippen molar-refractivity contribution in [3.05, 3.63) is 44.3 Å². The van der Waals surface area contributed by atoms with Gasteiger partial charge in [0.1, 0.15) is 0 Å². The van der Waals surface area contributed by atoms with E-state index in [1.54, 1.807) is 22.3 Å². The van der Waals surface area contributed by atoms with E-state index in [9.17, 15) is 13.2 Å². The molecule has 0 radical (unpaired) electrons. The molecule has 0 N–H and O–H groups in total. The second kappa shape index (κ2) is 6.14. The highest BCUT2D eigenvalue weighted by Crippen LogP contribution is 2.26. The summed E-state index contributed by atoms with van der Waals surface area (Å²) in [4.78, 5) is 16.3. The van der Waals surface area contributed by atoms with Gasteiger partial charge in [0.2, 0.25) is 0 Å². The lowest BCUT2D eigenvalue weighted by Crippen LogP contribution is -2.40. The number of hydrogen-bond acceptors (Lipinski definition) is 5. The lowest BCUT2D eigenvalue weighted by Gasteiger charge is -2.27. The van der Waals surface area contributed by atoms with Crippen LogP contribution in [0.15, 0.2) is 29.0 Å². The van der Waals surface area contributed by atoms with E-state index in [1.165, 1.54) is 11.3 Å². The largest absolute Gasteiger partial charge is 0.329 e. The third-order valence-corrected chi connectivity index (χ3v) is 7.54. The molecule has 1 fully saturated rings. The number of aryl methyl sites for hydroxylation is 1. The Hall–Kier alpha value is -1.18. The van der Waals surface area contributed by atoms with E-state index in [0.29, 0.717) is 17.8 Å². The summed E-state index contributed by atoms with van der Waals surface area (Å²) in [5.74, 6) is 0.189. The molecule has 7 heteroatoms. The van der Waals surface area contributed by atoms with Crippen LogP contribution in [0, 0.1) is 6.92 Å². The van der Waals surface area contributed by atoms with Gasteiger partial charge in [0.15, 0.2) is 9.84 Å². The van der Waals surface area contributed by atoms with Gasteiger partial charge in [0.25, 0.3) is 5.91 Å². The normalized spacial score (nSPS) is 20.1. The fraction of sp³-hybridized carbons (Fsp3) is 0.400. The summed E-state index contributed by atoms with van der Waals surface area (Å²) in [5.41, 5.74) is 1.15. The molecule has 1 aliphatic rings. The van der Waals surface area contributed by atoms with E-state index in [0.717, 1.165) is 10.4 Å². The van der Waals surface area contributed by atoms with Gasteiger partial charge >= 0.3 is 0 Å². The lowest BCUT2D eigenvalue weighted by atomic mass is 10.2. The van der Waals surface area contributed by atoms with E-state index >= 15 is 0 Å². The first-order valence-electron chi connectivity index (χ1n) is 7.04. The van der Waals surface area contributed by atoms with Gasteiger partial charge in [-0.2, -0.15) is 0 Å². The van der Waals surface area contributed by atoms with Crippen molar-refractivity contribution < 1.29 is 13.2 Å². The van der Waals surface area contributed by atoms with Crippen LogP contribution in [-0.2, 0) is 16.4 Å². The molecule has 0 bridgehead atoms. The minimum Gasteiger partial charge on any atom is -0.329 e. The van der Waals surface area contributed by atoms with Crippen molar-refractivity contribution in [3.63, 3.8) is 0 Å². The van der Waals surface area contributed by atoms with Crippen LogP contribution >= 0.6 is 22.7 Å². The second-order valence-corrected chi connectivity index (χ2v) is 9.67. The maximum atomic E-state index is 12.8. The van der Waals surface area contributed by atoms with Gasteiger partial charge < -0.3 is 4.90 Å². The van der Waals surface area contributed by atoms with Crippen molar-refractivity contribution in [3.8, 4) is 0 Å². The third-order valence-electron chi connectivity index (χ3n) is 3.92. The molecule has 4 nitrogen and oxygen atoms in total. The molecule has 1 atom stereocenters. The molecular weight excluding hydrogens is 338 g/mol. The van der Waals surface area contributed by atoms with Crippen LogP contribution < -0.4 is 0 Å². The predicted octanol–water partition coefficient (Wildman–Crippen LogP) is 2.95. The van der Waals surface area contributed by atoms with Crippen molar-refractivity contribution in [1.29, 1.82) is 0 Å². The highest BCUT2D eigenvalue weighted by Gasteiger charge is 2.35. The summed E-state index contributed by atoms with van der Waals surface area (Å²) >= 11 is 3.01. The Morgan fingerprint density at radius 2 is 2.14 bits per heavy atom. The Bertz CT molecular complexity index is 762. The van der Waals surface area contributed by atoms with Gasteiger partial charge in [-0.1, -0.05) is 6.07 Å². The zero-order valence-corrected chi connectivity index (χ0v) is 14.6. The van der Waals surface area contributed by atoms with E-state index in [-0.39, 0.29) is 23.5 Å². The van der Waals surface area contributed by atoms with Gasteiger partial charge in [0, 0.05) is 10.9 Å². The predicted molar refractivity (Wildman–Crippen MR) is 90.3 cm³/mol. The molecule has 0 aliphatic carbocycles. The number of carbonyl (C=O) groups excluding carboxylic acids is 1. The standard InChI is InChI=1S/C15H17NO3S3/c1-11-4-7-21-14(11)9-16(12-5-8-22(18,19)10-12)15(17)13-3-2-6-20-13/h2-4,6-7,12H,5,8-10H2,1H3/t12-/m0/s1. The first-order chi connectivity index (χ1) is 10.5. The SMILES string of the molecule is Cc1ccsc1CN(C(=O)c1cccs1)[C@H]1CCS(=O)(=O)C1. The summed E-state index contributed by atoms with van der Waals surface area (Å²) in [5, 5.41) is 3.87. The molecule has 2 aromatic rings. The quantitative estimate of drug-likeness (QED) is 0.847. The number of sulfone groups is 1. The fourth-order valence-corrected chi connectivity index (χ4v) is 5.96. The molecule has 3 heterocycles. The average molecular weight is 356 g/mol. The molecule has 0 spiro atoms. The molecule has 1 saturated heterocycles. The van der Waals surface area contributed by atoms with Crippen LogP contribution in [0.3, 0.4) is 0 Å². The Kier molecular flexibility index (Phi) is 4.38. The molecule has 2 aromatic heterocycles. The van der Waals surface area contributed by atoms with Crippen LogP contribution in [0.25, 0.3) is 0 Å². The van der Waals surface area contributed by atoms with E-state index in [4.69, 9.17) is 0 Å². The Balaban J connectivity index is 1.88. The van der Waals surface area contributed by atoms with Crippen LogP contribution in [0.2, 0.25) is 0 Å². The molecule has 22 heavy (non-hydrogen) atoms. The average Bonchev–Trinajstić information content (AvgIpc) is 3.17. The molecule has 0 saturated carbocycles. The van der Waals surface area contributed by atoms with Crippen LogP contribution in [0.5, 0.6) is 0 Å². The summed E-state index contributed by atoms with van der Waals surface area (Å²) in [6.45, 7) is 2.51. The van der Waals surface area contributed by atoms with Gasteiger partial charge in [-0.15, -0.1) is 22.7 Å². The highest BCUT2D eigenvalue weighted by molar-refractivity contribution is 7.91. The molecule has 1 amide bonds. The van der Waals surface area contributed by atoms with E-state index in [1.807, 2.05) is 29.8 Å². The molecule has 1 aliphatic heterocycles. The third kappa shape index (κ3) is 3.26. The first-order valence-corrected chi connectivity index (χ1v) is 10.6. The van der Waals surface area contributed by atoms with Gasteiger partial charge in [-0.25, -0.2) is 8.42 Å². The van der Waals surface area contributed by atoms with E-state index in [2.05, 4.69) is 0 Å². The number of rotatable bonds is 4. The molecule has 0 aromatic carbocycles. The van der Waals surface area contributed by atoms with Crippen LogP contribution in [0.4, 0.5) is 0 Å². The summed E-state index contributed by atoms with van der Waals surface area (Å²) < 4.78 is 23.6. The zero-order valence-electron chi connectivity index (χ0n) is 12.2. The van der Waals surface area contributed by atoms with Crippen molar-refractivity contribution >= 4 is 38.4 Å². The minimum absolute atomic E-state index is 0.0649. The monoisotopic (exact) mass is 355 g/mol. The Morgan fingerprint density at radius 3 is 2.68 bits per heavy atom. The minimum atomic E-state index is -3.02. The van der Waals surface area contributed by atoms with E-state index < -0.39 is 9.84 Å². The van der Waals surface area contributed by atoms with Gasteiger partial charge in [-0.3, -0.25) is 4.79 Å². The topological polar surface area (TPSA) is 54.5 Å². The fourth-order valence-electron chi connectivity index (χ4n) is 2.65. The first kappa shape index (κ1) is 15.7. The van der Waals surface area contributed by atoms with Crippen molar-refractivity contribution in [1.82, 2.24) is 4.90 Å². The number of amides is 1. The van der Waals surface area contributed by atoms with Crippen molar-refractivity contribution in [2.45, 2.75) is 25.9 Å². The van der Waals surface area contributed by atoms with Gasteiger partial charge in [0.05, 0.1) is 22.9 Å². The lowest BCUT2D eigenvalue weighted by molar-refractivity contribution is 0.0688. The maximum Gasteiger partial charge on any atom is 0.264 e. The van der Waals surface area contributed by atoms with Crippen LogP contribution in [0.1, 0.15) is 26.5 Å². The molecule has 0 unspecified atom stereocenters. The number of carbonyl (C=O) groups is 1. The highest BCUT2D eigenvalue weighted by atomic mass is 32.2. The zero-order chi connectivity index (χ0) is 15.7. The summed E-state index contributed by atoms with van der Waals surface area (Å²) in [7, 11) is -3.02. The molecular formula is C15H17NO3S3. The van der Waals surface area contributed by atoms with Gasteiger partial charge in [-0.05, 0) is 41.8 Å². The summed E-state index contributed by atoms with van der Waals surface area (Å²) in [6, 6.07) is 5.45.